The first-order chi connectivity index (χ1) is 13.1. The molecule has 0 radical (unpaired) electrons. The highest BCUT2D eigenvalue weighted by Crippen LogP contribution is 2.38. The molecule has 0 bridgehead atoms. The molecule has 27 heavy (non-hydrogen) atoms. The lowest BCUT2D eigenvalue weighted by molar-refractivity contribution is -0.137. The summed E-state index contributed by atoms with van der Waals surface area (Å²) in [5.74, 6) is 0.301. The van der Waals surface area contributed by atoms with E-state index in [-0.39, 0.29) is 5.97 Å². The number of esters is 1. The van der Waals surface area contributed by atoms with Crippen LogP contribution in [-0.4, -0.2) is 22.5 Å². The second kappa shape index (κ2) is 8.89. The van der Waals surface area contributed by atoms with Gasteiger partial charge in [-0.05, 0) is 35.8 Å². The maximum Gasteiger partial charge on any atom is 0.330 e. The summed E-state index contributed by atoms with van der Waals surface area (Å²) in [5, 5.41) is 1.11. The Bertz CT molecular complexity index is 966. The molecule has 138 valence electrons. The Morgan fingerprint density at radius 3 is 2.78 bits per heavy atom. The maximum absolute atomic E-state index is 11.9. The van der Waals surface area contributed by atoms with Crippen LogP contribution in [-0.2, 0) is 9.53 Å². The molecular formula is C21H18Cl2N2O2. The van der Waals surface area contributed by atoms with E-state index in [9.17, 15) is 4.79 Å². The van der Waals surface area contributed by atoms with E-state index in [0.29, 0.717) is 22.5 Å². The SMILES string of the molecule is CCCOC(=O)/C=C/c1cccc(-c2ccc(Cl)cc2Cl)c1-c1ncc[nH]1. The molecule has 0 aliphatic rings. The third kappa shape index (κ3) is 4.59. The summed E-state index contributed by atoms with van der Waals surface area (Å²) in [7, 11) is 0. The lowest BCUT2D eigenvalue weighted by Gasteiger charge is -2.13. The standard InChI is InChI=1S/C21H18Cl2N2O2/c1-2-12-27-19(26)9-6-14-4-3-5-17(20(14)21-24-10-11-25-21)16-8-7-15(22)13-18(16)23/h3-11,13H,2,12H2,1H3,(H,24,25)/b9-6+. The number of carbonyl (C=O) groups excluding carboxylic acids is 1. The monoisotopic (exact) mass is 400 g/mol. The molecule has 0 fully saturated rings. The number of aromatic nitrogens is 2. The number of imidazole rings is 1. The minimum absolute atomic E-state index is 0.378. The number of hydrogen-bond acceptors (Lipinski definition) is 3. The van der Waals surface area contributed by atoms with Crippen LogP contribution in [0, 0.1) is 0 Å². The topological polar surface area (TPSA) is 55.0 Å². The first-order valence-electron chi connectivity index (χ1n) is 8.53. The molecule has 1 heterocycles. The van der Waals surface area contributed by atoms with Gasteiger partial charge in [-0.25, -0.2) is 9.78 Å². The van der Waals surface area contributed by atoms with E-state index in [4.69, 9.17) is 27.9 Å². The molecule has 1 N–H and O–H groups in total. The molecule has 3 aromatic rings. The van der Waals surface area contributed by atoms with Crippen LogP contribution in [0.2, 0.25) is 10.0 Å². The molecule has 6 heteroatoms. The quantitative estimate of drug-likeness (QED) is 0.406. The van der Waals surface area contributed by atoms with Gasteiger partial charge in [-0.1, -0.05) is 54.4 Å². The highest BCUT2D eigenvalue weighted by molar-refractivity contribution is 6.36. The lowest BCUT2D eigenvalue weighted by Crippen LogP contribution is -2.01. The van der Waals surface area contributed by atoms with E-state index < -0.39 is 0 Å². The van der Waals surface area contributed by atoms with Crippen LogP contribution in [0.25, 0.3) is 28.6 Å². The van der Waals surface area contributed by atoms with Gasteiger partial charge in [0.1, 0.15) is 5.82 Å². The maximum atomic E-state index is 11.9. The number of hydrogen-bond donors (Lipinski definition) is 1. The first-order valence-corrected chi connectivity index (χ1v) is 9.28. The number of benzene rings is 2. The van der Waals surface area contributed by atoms with Crippen LogP contribution in [0.15, 0.2) is 54.9 Å². The van der Waals surface area contributed by atoms with Crippen molar-refractivity contribution >= 4 is 35.2 Å². The Morgan fingerprint density at radius 1 is 1.22 bits per heavy atom. The van der Waals surface area contributed by atoms with Crippen LogP contribution in [0.3, 0.4) is 0 Å². The predicted octanol–water partition coefficient (Wildman–Crippen LogP) is 6.02. The second-order valence-electron chi connectivity index (χ2n) is 5.83. The van der Waals surface area contributed by atoms with E-state index in [2.05, 4.69) is 9.97 Å². The number of H-pyrrole nitrogens is 1. The molecule has 2 aromatic carbocycles. The first kappa shape index (κ1) is 19.2. The number of carbonyl (C=O) groups is 1. The van der Waals surface area contributed by atoms with Crippen molar-refractivity contribution < 1.29 is 9.53 Å². The molecule has 4 nitrogen and oxygen atoms in total. The molecule has 1 aromatic heterocycles. The van der Waals surface area contributed by atoms with Gasteiger partial charge in [0, 0.05) is 39.6 Å². The third-order valence-electron chi connectivity index (χ3n) is 3.90. The number of halogens is 2. The fourth-order valence-electron chi connectivity index (χ4n) is 2.72. The van der Waals surface area contributed by atoms with Crippen LogP contribution < -0.4 is 0 Å². The summed E-state index contributed by atoms with van der Waals surface area (Å²) in [6.45, 7) is 2.35. The number of ether oxygens (including phenoxy) is 1. The smallest absolute Gasteiger partial charge is 0.330 e. The largest absolute Gasteiger partial charge is 0.463 e. The molecule has 0 unspecified atom stereocenters. The Kier molecular flexibility index (Phi) is 6.32. The van der Waals surface area contributed by atoms with Crippen LogP contribution >= 0.6 is 23.2 Å². The fraction of sp³-hybridized carbons (Fsp3) is 0.143. The summed E-state index contributed by atoms with van der Waals surface area (Å²) in [6.07, 6.45) is 7.35. The van der Waals surface area contributed by atoms with Gasteiger partial charge >= 0.3 is 5.97 Å². The molecule has 0 aliphatic heterocycles. The zero-order valence-corrected chi connectivity index (χ0v) is 16.2. The molecule has 0 amide bonds. The zero-order valence-electron chi connectivity index (χ0n) is 14.7. The minimum Gasteiger partial charge on any atom is -0.463 e. The van der Waals surface area contributed by atoms with Gasteiger partial charge in [0.25, 0.3) is 0 Å². The summed E-state index contributed by atoms with van der Waals surface area (Å²) in [6, 6.07) is 11.1. The van der Waals surface area contributed by atoms with Crippen molar-refractivity contribution in [2.45, 2.75) is 13.3 Å². The molecule has 0 atom stereocenters. The van der Waals surface area contributed by atoms with Crippen LogP contribution in [0.1, 0.15) is 18.9 Å². The number of aromatic amines is 1. The van der Waals surface area contributed by atoms with Gasteiger partial charge in [0.2, 0.25) is 0 Å². The van der Waals surface area contributed by atoms with Gasteiger partial charge in [-0.3, -0.25) is 0 Å². The lowest BCUT2D eigenvalue weighted by atomic mass is 9.94. The van der Waals surface area contributed by atoms with E-state index in [1.807, 2.05) is 31.2 Å². The number of rotatable bonds is 6. The van der Waals surface area contributed by atoms with E-state index in [1.54, 1.807) is 30.6 Å². The Balaban J connectivity index is 2.10. The average Bonchev–Trinajstić information content (AvgIpc) is 3.18. The normalized spacial score (nSPS) is 11.1. The highest BCUT2D eigenvalue weighted by Gasteiger charge is 2.15. The van der Waals surface area contributed by atoms with Crippen molar-refractivity contribution in [3.05, 3.63) is 70.5 Å². The van der Waals surface area contributed by atoms with Crippen molar-refractivity contribution in [2.24, 2.45) is 0 Å². The Hall–Kier alpha value is -2.56. The summed E-state index contributed by atoms with van der Waals surface area (Å²) in [4.78, 5) is 19.4. The molecule has 0 aliphatic carbocycles. The van der Waals surface area contributed by atoms with Gasteiger partial charge in [0.15, 0.2) is 0 Å². The number of nitrogens with one attached hydrogen (secondary N) is 1. The highest BCUT2D eigenvalue weighted by atomic mass is 35.5. The molecule has 0 saturated carbocycles. The van der Waals surface area contributed by atoms with Gasteiger partial charge in [-0.2, -0.15) is 0 Å². The molecule has 0 spiro atoms. The molecular weight excluding hydrogens is 383 g/mol. The Morgan fingerprint density at radius 2 is 2.07 bits per heavy atom. The van der Waals surface area contributed by atoms with E-state index >= 15 is 0 Å². The average molecular weight is 401 g/mol. The van der Waals surface area contributed by atoms with Gasteiger partial charge < -0.3 is 9.72 Å². The van der Waals surface area contributed by atoms with Crippen molar-refractivity contribution in [3.8, 4) is 22.5 Å². The summed E-state index contributed by atoms with van der Waals surface area (Å²) >= 11 is 12.5. The second-order valence-corrected chi connectivity index (χ2v) is 6.68. The molecule has 0 saturated heterocycles. The minimum atomic E-state index is -0.378. The van der Waals surface area contributed by atoms with Crippen molar-refractivity contribution in [1.29, 1.82) is 0 Å². The Labute approximate surface area is 167 Å². The molecule has 3 rings (SSSR count). The fourth-order valence-corrected chi connectivity index (χ4v) is 3.23. The zero-order chi connectivity index (χ0) is 19.2. The summed E-state index contributed by atoms with van der Waals surface area (Å²) < 4.78 is 5.11. The van der Waals surface area contributed by atoms with Crippen molar-refractivity contribution in [2.75, 3.05) is 6.61 Å². The van der Waals surface area contributed by atoms with Gasteiger partial charge in [-0.15, -0.1) is 0 Å². The predicted molar refractivity (Wildman–Crippen MR) is 110 cm³/mol. The van der Waals surface area contributed by atoms with Crippen molar-refractivity contribution in [3.63, 3.8) is 0 Å². The van der Waals surface area contributed by atoms with Crippen LogP contribution in [0.4, 0.5) is 0 Å². The summed E-state index contributed by atoms with van der Waals surface area (Å²) in [5.41, 5.74) is 3.38. The van der Waals surface area contributed by atoms with Gasteiger partial charge in [0.05, 0.1) is 6.61 Å². The van der Waals surface area contributed by atoms with Crippen molar-refractivity contribution in [1.82, 2.24) is 9.97 Å². The third-order valence-corrected chi connectivity index (χ3v) is 4.45. The van der Waals surface area contributed by atoms with Crippen LogP contribution in [0.5, 0.6) is 0 Å². The van der Waals surface area contributed by atoms with E-state index in [1.165, 1.54) is 6.08 Å². The number of nitrogens with zero attached hydrogens (tertiary/aromatic N) is 1. The van der Waals surface area contributed by atoms with E-state index in [0.717, 1.165) is 28.7 Å².